The quantitative estimate of drug-likeness (QED) is 0.764. The Morgan fingerprint density at radius 1 is 1.30 bits per heavy atom. The van der Waals surface area contributed by atoms with Gasteiger partial charge in [-0.15, -0.1) is 0 Å². The van der Waals surface area contributed by atoms with Crippen LogP contribution in [-0.2, 0) is 11.3 Å². The van der Waals surface area contributed by atoms with Crippen molar-refractivity contribution in [1.82, 2.24) is 10.6 Å². The summed E-state index contributed by atoms with van der Waals surface area (Å²) in [6.45, 7) is 9.50. The Hall–Kier alpha value is -1.55. The smallest absolute Gasteiger partial charge is 0.239 e. The second-order valence-electron chi connectivity index (χ2n) is 5.34. The van der Waals surface area contributed by atoms with E-state index in [0.717, 1.165) is 25.3 Å². The van der Waals surface area contributed by atoms with Crippen molar-refractivity contribution in [3.63, 3.8) is 0 Å². The maximum Gasteiger partial charge on any atom is 0.239 e. The van der Waals surface area contributed by atoms with Gasteiger partial charge in [-0.3, -0.25) is 4.79 Å². The van der Waals surface area contributed by atoms with Gasteiger partial charge in [0.05, 0.1) is 6.54 Å². The summed E-state index contributed by atoms with van der Waals surface area (Å²) >= 11 is 0. The van der Waals surface area contributed by atoms with Gasteiger partial charge >= 0.3 is 0 Å². The number of nitrogens with one attached hydrogen (secondary N) is 2. The molecule has 2 N–H and O–H groups in total. The second-order valence-corrected chi connectivity index (χ2v) is 5.34. The Labute approximate surface area is 122 Å². The summed E-state index contributed by atoms with van der Waals surface area (Å²) in [6, 6.07) is 8.27. The Kier molecular flexibility index (Phi) is 7.09. The largest absolute Gasteiger partial charge is 0.362 e. The van der Waals surface area contributed by atoms with Crippen molar-refractivity contribution in [2.75, 3.05) is 31.6 Å². The average Bonchev–Trinajstić information content (AvgIpc) is 2.44. The number of hydrogen-bond donors (Lipinski definition) is 2. The molecule has 0 aromatic heterocycles. The van der Waals surface area contributed by atoms with Crippen LogP contribution in [0.1, 0.15) is 26.3 Å². The van der Waals surface area contributed by atoms with Crippen molar-refractivity contribution in [3.8, 4) is 0 Å². The maximum absolute atomic E-state index is 11.6. The molecule has 0 saturated heterocycles. The second kappa shape index (κ2) is 8.59. The molecule has 20 heavy (non-hydrogen) atoms. The van der Waals surface area contributed by atoms with E-state index in [4.69, 9.17) is 0 Å². The molecule has 1 amide bonds. The number of likely N-dealkylation sites (N-methyl/N-ethyl adjacent to an activating group) is 2. The summed E-state index contributed by atoms with van der Waals surface area (Å²) in [7, 11) is 1.67. The molecule has 0 saturated carbocycles. The molecule has 0 aliphatic rings. The van der Waals surface area contributed by atoms with Crippen molar-refractivity contribution >= 4 is 11.6 Å². The van der Waals surface area contributed by atoms with Crippen LogP contribution in [0.5, 0.6) is 0 Å². The molecular weight excluding hydrogens is 250 g/mol. The number of hydrogen-bond acceptors (Lipinski definition) is 3. The number of anilines is 1. The van der Waals surface area contributed by atoms with E-state index in [1.807, 2.05) is 12.1 Å². The molecular formula is C16H27N3O. The summed E-state index contributed by atoms with van der Waals surface area (Å²) < 4.78 is 0. The summed E-state index contributed by atoms with van der Waals surface area (Å²) in [5.74, 6) is 0.673. The highest BCUT2D eigenvalue weighted by Crippen LogP contribution is 2.20. The van der Waals surface area contributed by atoms with E-state index in [0.29, 0.717) is 12.5 Å². The summed E-state index contributed by atoms with van der Waals surface area (Å²) in [4.78, 5) is 13.7. The van der Waals surface area contributed by atoms with E-state index in [-0.39, 0.29) is 5.91 Å². The highest BCUT2D eigenvalue weighted by Gasteiger charge is 2.12. The maximum atomic E-state index is 11.6. The van der Waals surface area contributed by atoms with Crippen molar-refractivity contribution in [1.29, 1.82) is 0 Å². The molecule has 1 aromatic rings. The zero-order valence-corrected chi connectivity index (χ0v) is 13.1. The van der Waals surface area contributed by atoms with Crippen LogP contribution in [-0.4, -0.2) is 32.6 Å². The van der Waals surface area contributed by atoms with Crippen LogP contribution >= 0.6 is 0 Å². The van der Waals surface area contributed by atoms with Gasteiger partial charge in [-0.2, -0.15) is 0 Å². The van der Waals surface area contributed by atoms with Crippen LogP contribution in [0.25, 0.3) is 0 Å². The van der Waals surface area contributed by atoms with E-state index in [1.54, 1.807) is 7.05 Å². The third kappa shape index (κ3) is 5.21. The number of benzene rings is 1. The first-order valence-electron chi connectivity index (χ1n) is 7.32. The van der Waals surface area contributed by atoms with Gasteiger partial charge in [-0.05, 0) is 31.0 Å². The lowest BCUT2D eigenvalue weighted by Gasteiger charge is -2.25. The summed E-state index contributed by atoms with van der Waals surface area (Å²) in [5.41, 5.74) is 2.37. The zero-order valence-electron chi connectivity index (χ0n) is 13.1. The van der Waals surface area contributed by atoms with Crippen molar-refractivity contribution in [3.05, 3.63) is 29.8 Å². The fourth-order valence-corrected chi connectivity index (χ4v) is 2.08. The molecule has 0 bridgehead atoms. The lowest BCUT2D eigenvalue weighted by atomic mass is 10.1. The van der Waals surface area contributed by atoms with Crippen molar-refractivity contribution < 1.29 is 4.79 Å². The molecule has 0 aliphatic heterocycles. The van der Waals surface area contributed by atoms with Gasteiger partial charge in [-0.25, -0.2) is 0 Å². The molecule has 0 aliphatic carbocycles. The molecule has 0 spiro atoms. The fourth-order valence-electron chi connectivity index (χ4n) is 2.08. The monoisotopic (exact) mass is 277 g/mol. The minimum Gasteiger partial charge on any atom is -0.362 e. The van der Waals surface area contributed by atoms with Crippen LogP contribution in [0.3, 0.4) is 0 Å². The van der Waals surface area contributed by atoms with Crippen LogP contribution < -0.4 is 15.5 Å². The number of carbonyl (C=O) groups excluding carboxylic acids is 1. The standard InChI is InChI=1S/C16H27N3O/c1-5-19(12-16(20)17-4)15-9-7-6-8-14(15)11-18-10-13(2)3/h6-9,13,18H,5,10-12H2,1-4H3,(H,17,20). The van der Waals surface area contributed by atoms with E-state index >= 15 is 0 Å². The highest BCUT2D eigenvalue weighted by atomic mass is 16.1. The number of para-hydroxylation sites is 1. The molecule has 0 fully saturated rings. The zero-order chi connectivity index (χ0) is 15.0. The van der Waals surface area contributed by atoms with Crippen LogP contribution in [0, 0.1) is 5.92 Å². The van der Waals surface area contributed by atoms with Crippen molar-refractivity contribution in [2.45, 2.75) is 27.3 Å². The predicted molar refractivity (Wildman–Crippen MR) is 84.9 cm³/mol. The van der Waals surface area contributed by atoms with Crippen LogP contribution in [0.2, 0.25) is 0 Å². The molecule has 1 rings (SSSR count). The molecule has 0 radical (unpaired) electrons. The minimum atomic E-state index is 0.0387. The van der Waals surface area contributed by atoms with Crippen LogP contribution in [0.15, 0.2) is 24.3 Å². The molecule has 4 heteroatoms. The molecule has 0 atom stereocenters. The first-order valence-corrected chi connectivity index (χ1v) is 7.32. The molecule has 0 heterocycles. The SMILES string of the molecule is CCN(CC(=O)NC)c1ccccc1CNCC(C)C. The molecule has 0 unspecified atom stereocenters. The molecule has 112 valence electrons. The van der Waals surface area contributed by atoms with Gasteiger partial charge < -0.3 is 15.5 Å². The number of nitrogens with zero attached hydrogens (tertiary/aromatic N) is 1. The van der Waals surface area contributed by atoms with E-state index in [9.17, 15) is 4.79 Å². The fraction of sp³-hybridized carbons (Fsp3) is 0.562. The van der Waals surface area contributed by atoms with Gasteiger partial charge in [0.2, 0.25) is 5.91 Å². The Morgan fingerprint density at radius 2 is 2.00 bits per heavy atom. The van der Waals surface area contributed by atoms with Gasteiger partial charge in [-0.1, -0.05) is 32.0 Å². The Morgan fingerprint density at radius 3 is 2.60 bits per heavy atom. The minimum absolute atomic E-state index is 0.0387. The van der Waals surface area contributed by atoms with Gasteiger partial charge in [0.15, 0.2) is 0 Å². The summed E-state index contributed by atoms with van der Waals surface area (Å²) in [5, 5.41) is 6.14. The van der Waals surface area contributed by atoms with E-state index in [1.165, 1.54) is 5.56 Å². The molecule has 1 aromatic carbocycles. The third-order valence-electron chi connectivity index (χ3n) is 3.20. The van der Waals surface area contributed by atoms with E-state index in [2.05, 4.69) is 48.4 Å². The van der Waals surface area contributed by atoms with Gasteiger partial charge in [0.25, 0.3) is 0 Å². The highest BCUT2D eigenvalue weighted by molar-refractivity contribution is 5.81. The van der Waals surface area contributed by atoms with Crippen LogP contribution in [0.4, 0.5) is 5.69 Å². The number of carbonyl (C=O) groups is 1. The average molecular weight is 277 g/mol. The Balaban J connectivity index is 2.78. The first kappa shape index (κ1) is 16.5. The first-order chi connectivity index (χ1) is 9.58. The summed E-state index contributed by atoms with van der Waals surface area (Å²) in [6.07, 6.45) is 0. The number of amides is 1. The molecule has 4 nitrogen and oxygen atoms in total. The Bertz CT molecular complexity index is 418. The van der Waals surface area contributed by atoms with Gasteiger partial charge in [0.1, 0.15) is 0 Å². The number of rotatable bonds is 8. The lowest BCUT2D eigenvalue weighted by Crippen LogP contribution is -2.36. The topological polar surface area (TPSA) is 44.4 Å². The predicted octanol–water partition coefficient (Wildman–Crippen LogP) is 2.00. The van der Waals surface area contributed by atoms with Gasteiger partial charge in [0, 0.05) is 25.8 Å². The third-order valence-corrected chi connectivity index (χ3v) is 3.20. The lowest BCUT2D eigenvalue weighted by molar-refractivity contribution is -0.119. The normalized spacial score (nSPS) is 10.7. The van der Waals surface area contributed by atoms with E-state index < -0.39 is 0 Å². The van der Waals surface area contributed by atoms with Crippen molar-refractivity contribution in [2.24, 2.45) is 5.92 Å².